The Bertz CT molecular complexity index is 343. The van der Waals surface area contributed by atoms with Gasteiger partial charge in [0.1, 0.15) is 0 Å². The highest BCUT2D eigenvalue weighted by molar-refractivity contribution is 7.43. The first-order chi connectivity index (χ1) is 14.8. The first kappa shape index (κ1) is 35.6. The number of phosphoric acid groups is 1. The Kier molecular flexibility index (Phi) is 32.2. The van der Waals surface area contributed by atoms with E-state index in [2.05, 4.69) is 50.6 Å². The zero-order valence-electron chi connectivity index (χ0n) is 21.7. The number of hydrogen-bond donors (Lipinski definition) is 2. The van der Waals surface area contributed by atoms with E-state index in [4.69, 9.17) is 0 Å². The molecule has 7 heteroatoms. The van der Waals surface area contributed by atoms with Crippen molar-refractivity contribution in [1.29, 1.82) is 0 Å². The van der Waals surface area contributed by atoms with Gasteiger partial charge in [-0.25, -0.2) is 0 Å². The smallest absolute Gasteiger partial charge is 0.0768 e. The second kappa shape index (κ2) is 28.1. The monoisotopic (exact) mass is 468 g/mol. The SMILES string of the molecule is CCCCC(CC)C[NH3+].CCCCC(CC)C[NH3+].CCCCCCCCOP(=O)([O-])[O-]. The molecule has 0 heterocycles. The maximum Gasteiger partial charge on any atom is 0.0768 e. The minimum Gasteiger partial charge on any atom is -0.790 e. The van der Waals surface area contributed by atoms with E-state index in [9.17, 15) is 14.4 Å². The van der Waals surface area contributed by atoms with Crippen LogP contribution in [0.15, 0.2) is 0 Å². The zero-order valence-corrected chi connectivity index (χ0v) is 22.6. The molecule has 6 nitrogen and oxygen atoms in total. The quantitative estimate of drug-likeness (QED) is 0.232. The minimum absolute atomic E-state index is 0.0381. The molecule has 0 amide bonds. The van der Waals surface area contributed by atoms with Crippen molar-refractivity contribution < 1.29 is 30.3 Å². The molecule has 2 atom stereocenters. The van der Waals surface area contributed by atoms with E-state index in [-0.39, 0.29) is 6.61 Å². The van der Waals surface area contributed by atoms with E-state index >= 15 is 0 Å². The van der Waals surface area contributed by atoms with Crippen LogP contribution in [0.3, 0.4) is 0 Å². The Morgan fingerprint density at radius 3 is 1.39 bits per heavy atom. The van der Waals surface area contributed by atoms with Gasteiger partial charge in [0.15, 0.2) is 0 Å². The molecule has 0 aromatic rings. The Balaban J connectivity index is -0.000000390. The average Bonchev–Trinajstić information content (AvgIpc) is 2.75. The number of phosphoric ester groups is 1. The van der Waals surface area contributed by atoms with Crippen molar-refractivity contribution in [2.24, 2.45) is 11.8 Å². The van der Waals surface area contributed by atoms with Crippen molar-refractivity contribution in [2.45, 2.75) is 125 Å². The summed E-state index contributed by atoms with van der Waals surface area (Å²) in [4.78, 5) is 20.0. The lowest BCUT2D eigenvalue weighted by Crippen LogP contribution is -2.53. The maximum absolute atomic E-state index is 10.0. The Morgan fingerprint density at radius 1 is 0.677 bits per heavy atom. The normalized spacial score (nSPS) is 12.9. The highest BCUT2D eigenvalue weighted by Gasteiger charge is 2.03. The van der Waals surface area contributed by atoms with E-state index in [1.165, 1.54) is 70.6 Å². The highest BCUT2D eigenvalue weighted by atomic mass is 31.2. The summed E-state index contributed by atoms with van der Waals surface area (Å²) in [6.45, 7) is 13.4. The first-order valence-electron chi connectivity index (χ1n) is 13.0. The Hall–Kier alpha value is 0.0300. The van der Waals surface area contributed by atoms with Crippen LogP contribution in [0.25, 0.3) is 0 Å². The maximum atomic E-state index is 10.0. The Labute approximate surface area is 194 Å². The molecule has 0 spiro atoms. The zero-order chi connectivity index (χ0) is 24.4. The van der Waals surface area contributed by atoms with E-state index < -0.39 is 7.82 Å². The molecular formula is C24H57N2O4P. The molecule has 0 bridgehead atoms. The average molecular weight is 469 g/mol. The van der Waals surface area contributed by atoms with Crippen LogP contribution < -0.4 is 21.3 Å². The molecule has 2 unspecified atom stereocenters. The fourth-order valence-corrected chi connectivity index (χ4v) is 3.50. The van der Waals surface area contributed by atoms with Crippen LogP contribution in [-0.4, -0.2) is 19.7 Å². The van der Waals surface area contributed by atoms with Gasteiger partial charge in [-0.3, -0.25) is 0 Å². The number of hydrogen-bond acceptors (Lipinski definition) is 4. The molecular weight excluding hydrogens is 411 g/mol. The molecule has 0 fully saturated rings. The molecule has 192 valence electrons. The van der Waals surface area contributed by atoms with Gasteiger partial charge in [0.2, 0.25) is 0 Å². The molecule has 0 saturated carbocycles. The van der Waals surface area contributed by atoms with Crippen LogP contribution in [-0.2, 0) is 9.09 Å². The molecule has 0 aromatic heterocycles. The Morgan fingerprint density at radius 2 is 1.06 bits per heavy atom. The second-order valence-electron chi connectivity index (χ2n) is 8.46. The number of quaternary nitrogens is 2. The second-order valence-corrected chi connectivity index (χ2v) is 9.61. The van der Waals surface area contributed by atoms with Gasteiger partial charge in [-0.15, -0.1) is 0 Å². The van der Waals surface area contributed by atoms with Crippen LogP contribution in [0.4, 0.5) is 0 Å². The van der Waals surface area contributed by atoms with Crippen molar-refractivity contribution in [3.05, 3.63) is 0 Å². The fourth-order valence-electron chi connectivity index (χ4n) is 3.15. The third-order valence-corrected chi connectivity index (χ3v) is 6.15. The third-order valence-electron chi connectivity index (χ3n) is 5.65. The molecule has 0 saturated heterocycles. The van der Waals surface area contributed by atoms with E-state index in [0.29, 0.717) is 6.42 Å². The summed E-state index contributed by atoms with van der Waals surface area (Å²) in [5.41, 5.74) is 7.82. The van der Waals surface area contributed by atoms with Gasteiger partial charge < -0.3 is 30.3 Å². The lowest BCUT2D eigenvalue weighted by Gasteiger charge is -2.28. The number of rotatable bonds is 18. The molecule has 0 aliphatic carbocycles. The van der Waals surface area contributed by atoms with Crippen LogP contribution in [0.1, 0.15) is 125 Å². The van der Waals surface area contributed by atoms with Gasteiger partial charge >= 0.3 is 0 Å². The summed E-state index contributed by atoms with van der Waals surface area (Å²) in [5, 5.41) is 0. The molecule has 6 N–H and O–H groups in total. The van der Waals surface area contributed by atoms with Gasteiger partial charge in [0.25, 0.3) is 0 Å². The van der Waals surface area contributed by atoms with Crippen molar-refractivity contribution in [1.82, 2.24) is 0 Å². The van der Waals surface area contributed by atoms with Gasteiger partial charge in [-0.1, -0.05) is 92.4 Å². The summed E-state index contributed by atoms with van der Waals surface area (Å²) in [6, 6.07) is 0. The van der Waals surface area contributed by atoms with Crippen LogP contribution in [0.5, 0.6) is 0 Å². The number of unbranched alkanes of at least 4 members (excludes halogenated alkanes) is 7. The summed E-state index contributed by atoms with van der Waals surface area (Å²) in [6.07, 6.45) is 17.0. The van der Waals surface area contributed by atoms with Gasteiger partial charge in [-0.2, -0.15) is 0 Å². The van der Waals surface area contributed by atoms with Gasteiger partial charge in [0, 0.05) is 11.8 Å². The van der Waals surface area contributed by atoms with Crippen LogP contribution >= 0.6 is 7.82 Å². The van der Waals surface area contributed by atoms with Crippen molar-refractivity contribution in [3.8, 4) is 0 Å². The summed E-state index contributed by atoms with van der Waals surface area (Å²) in [5.74, 6) is 1.79. The van der Waals surface area contributed by atoms with Gasteiger partial charge in [-0.05, 0) is 32.1 Å². The lowest BCUT2D eigenvalue weighted by atomic mass is 10.00. The standard InChI is InChI=1S/2C8H19N.C8H19O4P/c2*1-3-5-6-8(4-2)7-9;1-2-3-4-5-6-7-8-12-13(9,10)11/h2*8H,3-7,9H2,1-2H3;2-8H2,1H3,(H2,9,10,11). The summed E-state index contributed by atoms with van der Waals surface area (Å²) >= 11 is 0. The minimum atomic E-state index is -4.73. The van der Waals surface area contributed by atoms with Crippen molar-refractivity contribution >= 4 is 7.82 Å². The topological polar surface area (TPSA) is 128 Å². The highest BCUT2D eigenvalue weighted by Crippen LogP contribution is 2.24. The molecule has 0 aliphatic heterocycles. The third kappa shape index (κ3) is 34.8. The fraction of sp³-hybridized carbons (Fsp3) is 1.00. The molecule has 0 radical (unpaired) electrons. The van der Waals surface area contributed by atoms with Crippen LogP contribution in [0.2, 0.25) is 0 Å². The van der Waals surface area contributed by atoms with Crippen molar-refractivity contribution in [3.63, 3.8) is 0 Å². The molecule has 0 rings (SSSR count). The molecule has 0 aliphatic rings. The van der Waals surface area contributed by atoms with Gasteiger partial charge in [0.05, 0.1) is 27.5 Å². The van der Waals surface area contributed by atoms with E-state index in [0.717, 1.165) is 37.8 Å². The van der Waals surface area contributed by atoms with Crippen molar-refractivity contribution in [2.75, 3.05) is 19.7 Å². The predicted molar refractivity (Wildman–Crippen MR) is 129 cm³/mol. The lowest BCUT2D eigenvalue weighted by molar-refractivity contribution is -0.380. The largest absolute Gasteiger partial charge is 0.790 e. The molecule has 31 heavy (non-hydrogen) atoms. The first-order valence-corrected chi connectivity index (χ1v) is 14.5. The summed E-state index contributed by atoms with van der Waals surface area (Å²) in [7, 11) is -4.73. The van der Waals surface area contributed by atoms with E-state index in [1.807, 2.05) is 0 Å². The molecule has 0 aromatic carbocycles. The van der Waals surface area contributed by atoms with E-state index in [1.54, 1.807) is 0 Å². The predicted octanol–water partition coefficient (Wildman–Crippen LogP) is 4.08. The van der Waals surface area contributed by atoms with Crippen LogP contribution in [0, 0.1) is 11.8 Å². The summed E-state index contributed by atoms with van der Waals surface area (Å²) < 4.78 is 14.1.